The van der Waals surface area contributed by atoms with Crippen molar-refractivity contribution >= 4 is 15.7 Å². The zero-order valence-electron chi connectivity index (χ0n) is 8.00. The molecule has 0 heterocycles. The third-order valence-electron chi connectivity index (χ3n) is 1.89. The van der Waals surface area contributed by atoms with Gasteiger partial charge < -0.3 is 0 Å². The highest BCUT2D eigenvalue weighted by Crippen LogP contribution is 2.18. The Morgan fingerprint density at radius 3 is 2.47 bits per heavy atom. The first-order valence-electron chi connectivity index (χ1n) is 4.04. The zero-order chi connectivity index (χ0) is 11.6. The molecule has 1 aromatic rings. The highest BCUT2D eigenvalue weighted by Gasteiger charge is 2.11. The third kappa shape index (κ3) is 3.30. The molecule has 0 aliphatic heterocycles. The van der Waals surface area contributed by atoms with E-state index in [2.05, 4.69) is 0 Å². The average molecular weight is 230 g/mol. The van der Waals surface area contributed by atoms with Gasteiger partial charge in [-0.2, -0.15) is 0 Å². The van der Waals surface area contributed by atoms with Crippen LogP contribution in [0.4, 0.5) is 5.69 Å². The van der Waals surface area contributed by atoms with Crippen molar-refractivity contribution in [1.82, 2.24) is 0 Å². The van der Waals surface area contributed by atoms with E-state index >= 15 is 0 Å². The number of hydrogen-bond acceptors (Lipinski definition) is 4. The molecule has 0 amide bonds. The Bertz CT molecular complexity index is 495. The van der Waals surface area contributed by atoms with Gasteiger partial charge in [0.05, 0.1) is 10.7 Å². The number of primary sulfonamides is 1. The van der Waals surface area contributed by atoms with Gasteiger partial charge in [-0.3, -0.25) is 10.1 Å². The summed E-state index contributed by atoms with van der Waals surface area (Å²) in [6, 6.07) is 3.98. The smallest absolute Gasteiger partial charge is 0.258 e. The summed E-state index contributed by atoms with van der Waals surface area (Å²) < 4.78 is 21.6. The second kappa shape index (κ2) is 3.95. The number of nitro groups is 1. The molecule has 0 aromatic heterocycles. The van der Waals surface area contributed by atoms with Crippen LogP contribution in [0.15, 0.2) is 18.2 Å². The van der Waals surface area contributed by atoms with Crippen molar-refractivity contribution in [3.63, 3.8) is 0 Å². The lowest BCUT2D eigenvalue weighted by molar-refractivity contribution is -0.384. The van der Waals surface area contributed by atoms with E-state index in [1.54, 1.807) is 6.92 Å². The Labute approximate surface area is 86.9 Å². The molecule has 0 atom stereocenters. The minimum atomic E-state index is -3.60. The van der Waals surface area contributed by atoms with E-state index in [1.165, 1.54) is 18.2 Å². The fraction of sp³-hybridized carbons (Fsp3) is 0.250. The molecule has 0 saturated carbocycles. The molecule has 2 N–H and O–H groups in total. The summed E-state index contributed by atoms with van der Waals surface area (Å²) in [5, 5.41) is 15.3. The van der Waals surface area contributed by atoms with Crippen LogP contribution in [0, 0.1) is 17.0 Å². The lowest BCUT2D eigenvalue weighted by Gasteiger charge is -2.03. The molecule has 6 nitrogen and oxygen atoms in total. The van der Waals surface area contributed by atoms with Gasteiger partial charge in [-0.1, -0.05) is 6.07 Å². The maximum absolute atomic E-state index is 10.8. The Balaban J connectivity index is 3.09. The number of benzene rings is 1. The van der Waals surface area contributed by atoms with Crippen LogP contribution >= 0.6 is 0 Å². The topological polar surface area (TPSA) is 103 Å². The molecule has 1 aromatic carbocycles. The van der Waals surface area contributed by atoms with E-state index in [4.69, 9.17) is 5.14 Å². The largest absolute Gasteiger partial charge is 0.269 e. The molecule has 0 saturated heterocycles. The minimum Gasteiger partial charge on any atom is -0.258 e. The molecular weight excluding hydrogens is 220 g/mol. The number of nitrogens with two attached hydrogens (primary N) is 1. The standard InChI is InChI=1S/C8H10N2O4S/c1-6-4-8(10(11)12)3-2-7(6)5-15(9,13)14/h2-4H,5H2,1H3,(H2,9,13,14). The van der Waals surface area contributed by atoms with Crippen molar-refractivity contribution in [3.8, 4) is 0 Å². The lowest BCUT2D eigenvalue weighted by atomic mass is 10.1. The number of hydrogen-bond donors (Lipinski definition) is 1. The van der Waals surface area contributed by atoms with Crippen LogP contribution in [0.3, 0.4) is 0 Å². The van der Waals surface area contributed by atoms with Gasteiger partial charge in [0.1, 0.15) is 0 Å². The summed E-state index contributed by atoms with van der Waals surface area (Å²) in [5.74, 6) is -0.309. The highest BCUT2D eigenvalue weighted by atomic mass is 32.2. The quantitative estimate of drug-likeness (QED) is 0.609. The van der Waals surface area contributed by atoms with Crippen molar-refractivity contribution in [2.45, 2.75) is 12.7 Å². The second-order valence-electron chi connectivity index (χ2n) is 3.18. The fourth-order valence-corrected chi connectivity index (χ4v) is 1.93. The van der Waals surface area contributed by atoms with Crippen molar-refractivity contribution in [2.24, 2.45) is 5.14 Å². The number of sulfonamides is 1. The predicted molar refractivity (Wildman–Crippen MR) is 54.6 cm³/mol. The number of nitrogens with zero attached hydrogens (tertiary/aromatic N) is 1. The normalized spacial score (nSPS) is 11.3. The van der Waals surface area contributed by atoms with Crippen LogP contribution in [0.2, 0.25) is 0 Å². The van der Waals surface area contributed by atoms with Crippen molar-refractivity contribution in [2.75, 3.05) is 0 Å². The van der Waals surface area contributed by atoms with E-state index < -0.39 is 14.9 Å². The molecule has 0 aliphatic carbocycles. The Morgan fingerprint density at radius 2 is 2.07 bits per heavy atom. The van der Waals surface area contributed by atoms with Crippen LogP contribution in [0.1, 0.15) is 11.1 Å². The van der Waals surface area contributed by atoms with E-state index in [0.717, 1.165) is 0 Å². The summed E-state index contributed by atoms with van der Waals surface area (Å²) in [6.45, 7) is 1.60. The minimum absolute atomic E-state index is 0.0642. The van der Waals surface area contributed by atoms with Gasteiger partial charge >= 0.3 is 0 Å². The molecule has 15 heavy (non-hydrogen) atoms. The lowest BCUT2D eigenvalue weighted by Crippen LogP contribution is -2.15. The molecular formula is C8H10N2O4S. The summed E-state index contributed by atoms with van der Waals surface area (Å²) in [7, 11) is -3.60. The first-order valence-corrected chi connectivity index (χ1v) is 5.75. The summed E-state index contributed by atoms with van der Waals surface area (Å²) in [5.41, 5.74) is 0.951. The summed E-state index contributed by atoms with van der Waals surface area (Å²) >= 11 is 0. The molecule has 0 unspecified atom stereocenters. The van der Waals surface area contributed by atoms with Gasteiger partial charge in [0.2, 0.25) is 10.0 Å². The zero-order valence-corrected chi connectivity index (χ0v) is 8.82. The molecule has 7 heteroatoms. The Kier molecular flexibility index (Phi) is 3.06. The van der Waals surface area contributed by atoms with Crippen molar-refractivity contribution in [1.29, 1.82) is 0 Å². The molecule has 82 valence electrons. The predicted octanol–water partition coefficient (Wildman–Crippen LogP) is 0.692. The van der Waals surface area contributed by atoms with Gasteiger partial charge in [-0.05, 0) is 18.1 Å². The molecule has 0 bridgehead atoms. The van der Waals surface area contributed by atoms with Gasteiger partial charge in [0, 0.05) is 12.1 Å². The van der Waals surface area contributed by atoms with Crippen LogP contribution in [-0.2, 0) is 15.8 Å². The molecule has 0 aliphatic rings. The van der Waals surface area contributed by atoms with Gasteiger partial charge in [-0.15, -0.1) is 0 Å². The molecule has 0 fully saturated rings. The number of nitro benzene ring substituents is 1. The average Bonchev–Trinajstić information content (AvgIpc) is 2.05. The van der Waals surface area contributed by atoms with Crippen molar-refractivity contribution in [3.05, 3.63) is 39.4 Å². The second-order valence-corrected chi connectivity index (χ2v) is 4.79. The van der Waals surface area contributed by atoms with Crippen LogP contribution in [0.5, 0.6) is 0 Å². The van der Waals surface area contributed by atoms with E-state index in [-0.39, 0.29) is 11.4 Å². The van der Waals surface area contributed by atoms with E-state index in [9.17, 15) is 18.5 Å². The van der Waals surface area contributed by atoms with Crippen LogP contribution < -0.4 is 5.14 Å². The van der Waals surface area contributed by atoms with Crippen LogP contribution in [0.25, 0.3) is 0 Å². The number of rotatable bonds is 3. The Morgan fingerprint density at radius 1 is 1.47 bits per heavy atom. The van der Waals surface area contributed by atoms with Gasteiger partial charge in [0.25, 0.3) is 5.69 Å². The van der Waals surface area contributed by atoms with E-state index in [0.29, 0.717) is 11.1 Å². The Hall–Kier alpha value is -1.47. The summed E-state index contributed by atoms with van der Waals surface area (Å²) in [6.07, 6.45) is 0. The maximum Gasteiger partial charge on any atom is 0.269 e. The molecule has 1 rings (SSSR count). The third-order valence-corrected chi connectivity index (χ3v) is 2.61. The number of aryl methyl sites for hydroxylation is 1. The molecule has 0 spiro atoms. The monoisotopic (exact) mass is 230 g/mol. The number of non-ortho nitro benzene ring substituents is 1. The SMILES string of the molecule is Cc1cc([N+](=O)[O-])ccc1CS(N)(=O)=O. The van der Waals surface area contributed by atoms with Gasteiger partial charge in [0.15, 0.2) is 0 Å². The molecule has 0 radical (unpaired) electrons. The first kappa shape index (κ1) is 11.6. The van der Waals surface area contributed by atoms with Crippen molar-refractivity contribution < 1.29 is 13.3 Å². The maximum atomic E-state index is 10.8. The summed E-state index contributed by atoms with van der Waals surface area (Å²) in [4.78, 5) is 9.88. The van der Waals surface area contributed by atoms with Gasteiger partial charge in [-0.25, -0.2) is 13.6 Å². The van der Waals surface area contributed by atoms with Crippen LogP contribution in [-0.4, -0.2) is 13.3 Å². The fourth-order valence-electron chi connectivity index (χ4n) is 1.17. The van der Waals surface area contributed by atoms with E-state index in [1.807, 2.05) is 0 Å². The first-order chi connectivity index (χ1) is 6.79. The highest BCUT2D eigenvalue weighted by molar-refractivity contribution is 7.88.